The van der Waals surface area contributed by atoms with Crippen molar-refractivity contribution in [3.8, 4) is 23.1 Å². The summed E-state index contributed by atoms with van der Waals surface area (Å²) >= 11 is 0. The smallest absolute Gasteiger partial charge is 0.264 e. The van der Waals surface area contributed by atoms with E-state index in [9.17, 15) is 10.1 Å². The number of para-hydroxylation sites is 1. The van der Waals surface area contributed by atoms with Crippen LogP contribution in [0.1, 0.15) is 92.4 Å². The van der Waals surface area contributed by atoms with Gasteiger partial charge in [-0.1, -0.05) is 54.6 Å². The third-order valence-corrected chi connectivity index (χ3v) is 14.2. The number of hydrogen-bond donors (Lipinski definition) is 0. The number of nitriles is 1. The second-order valence-corrected chi connectivity index (χ2v) is 18.7. The van der Waals surface area contributed by atoms with Crippen molar-refractivity contribution in [3.05, 3.63) is 159 Å². The van der Waals surface area contributed by atoms with E-state index in [2.05, 4.69) is 42.2 Å². The van der Waals surface area contributed by atoms with Crippen LogP contribution in [0.2, 0.25) is 0 Å². The summed E-state index contributed by atoms with van der Waals surface area (Å²) < 4.78 is 15.4. The first-order valence-electron chi connectivity index (χ1n) is 23.9. The van der Waals surface area contributed by atoms with Crippen LogP contribution in [0, 0.1) is 25.2 Å². The molecule has 1 unspecified atom stereocenters. The lowest BCUT2D eigenvalue weighted by atomic mass is 9.89. The van der Waals surface area contributed by atoms with Gasteiger partial charge in [0.1, 0.15) is 24.1 Å². The molecule has 3 aliphatic rings. The zero-order chi connectivity index (χ0) is 47.6. The van der Waals surface area contributed by atoms with Crippen LogP contribution in [0.25, 0.3) is 11.3 Å². The maximum atomic E-state index is 15.2. The highest BCUT2D eigenvalue weighted by molar-refractivity contribution is 6.13. The molecule has 3 aliphatic heterocycles. The highest BCUT2D eigenvalue weighted by atomic mass is 16.5. The largest absolute Gasteiger partial charge is 0.492 e. The Kier molecular flexibility index (Phi) is 13.4. The molecule has 0 saturated carbocycles. The summed E-state index contributed by atoms with van der Waals surface area (Å²) in [5.74, 6) is 0.480. The van der Waals surface area contributed by atoms with Gasteiger partial charge in [0.2, 0.25) is 5.91 Å². The number of anilines is 2. The third kappa shape index (κ3) is 9.21. The summed E-state index contributed by atoms with van der Waals surface area (Å²) in [7, 11) is 1.95. The lowest BCUT2D eigenvalue weighted by Gasteiger charge is -2.36. The predicted molar refractivity (Wildman–Crippen MR) is 264 cm³/mol. The van der Waals surface area contributed by atoms with Crippen LogP contribution in [0.4, 0.5) is 11.4 Å². The second-order valence-electron chi connectivity index (χ2n) is 18.7. The topological polar surface area (TPSA) is 116 Å². The Morgan fingerprint density at radius 3 is 2.25 bits per heavy atom. The number of aromatic nitrogens is 2. The molecule has 0 radical (unpaired) electrons. The average molecular weight is 912 g/mol. The Morgan fingerprint density at radius 1 is 0.824 bits per heavy atom. The number of carbonyl (C=O) groups excluding carboxylic acids is 3. The molecule has 68 heavy (non-hydrogen) atoms. The van der Waals surface area contributed by atoms with Crippen LogP contribution in [-0.2, 0) is 48.9 Å². The van der Waals surface area contributed by atoms with Crippen molar-refractivity contribution < 1.29 is 23.9 Å². The normalized spacial score (nSPS) is 16.0. The number of ether oxygens (including phenoxy) is 2. The minimum Gasteiger partial charge on any atom is -0.492 e. The van der Waals surface area contributed by atoms with E-state index >= 15 is 9.59 Å². The first-order chi connectivity index (χ1) is 32.9. The molecule has 0 spiro atoms. The van der Waals surface area contributed by atoms with E-state index in [1.165, 1.54) is 5.56 Å². The van der Waals surface area contributed by atoms with Crippen molar-refractivity contribution in [1.82, 2.24) is 23.8 Å². The molecule has 12 nitrogen and oxygen atoms in total. The average Bonchev–Trinajstić information content (AvgIpc) is 3.85. The predicted octanol–water partition coefficient (Wildman–Crippen LogP) is 8.97. The minimum absolute atomic E-state index is 0.00601. The molecule has 1 atom stereocenters. The lowest BCUT2D eigenvalue weighted by molar-refractivity contribution is -0.131. The van der Waals surface area contributed by atoms with E-state index in [1.807, 2.05) is 126 Å². The van der Waals surface area contributed by atoms with Gasteiger partial charge in [-0.05, 0) is 124 Å². The van der Waals surface area contributed by atoms with Crippen LogP contribution in [0.3, 0.4) is 0 Å². The van der Waals surface area contributed by atoms with E-state index in [1.54, 1.807) is 11.0 Å². The third-order valence-electron chi connectivity index (χ3n) is 14.2. The summed E-state index contributed by atoms with van der Waals surface area (Å²) in [4.78, 5) is 52.3. The van der Waals surface area contributed by atoms with Gasteiger partial charge >= 0.3 is 0 Å². The van der Waals surface area contributed by atoms with Crippen LogP contribution in [0.15, 0.2) is 103 Å². The summed E-state index contributed by atoms with van der Waals surface area (Å²) in [5, 5.41) is 10.2. The molecular formula is C56H61N7O5. The molecule has 9 rings (SSSR count). The van der Waals surface area contributed by atoms with Gasteiger partial charge < -0.3 is 28.4 Å². The van der Waals surface area contributed by atoms with Crippen LogP contribution in [0.5, 0.6) is 5.75 Å². The number of fused-ring (bicyclic) bond motifs is 2. The Bertz CT molecular complexity index is 2880. The summed E-state index contributed by atoms with van der Waals surface area (Å²) in [5.41, 5.74) is 11.2. The van der Waals surface area contributed by atoms with Crippen molar-refractivity contribution in [3.63, 3.8) is 0 Å². The number of morpholine rings is 1. The van der Waals surface area contributed by atoms with Crippen molar-refractivity contribution in [2.45, 2.75) is 79.1 Å². The van der Waals surface area contributed by atoms with E-state index < -0.39 is 0 Å². The fraction of sp³-hybridized carbons (Fsp3) is 0.357. The van der Waals surface area contributed by atoms with E-state index in [-0.39, 0.29) is 36.2 Å². The number of carbonyl (C=O) groups is 3. The molecule has 350 valence electrons. The van der Waals surface area contributed by atoms with E-state index in [0.29, 0.717) is 60.9 Å². The molecule has 0 N–H and O–H groups in total. The monoisotopic (exact) mass is 911 g/mol. The van der Waals surface area contributed by atoms with E-state index in [4.69, 9.17) is 9.47 Å². The summed E-state index contributed by atoms with van der Waals surface area (Å²) in [6, 6.07) is 35.8. The first kappa shape index (κ1) is 46.2. The van der Waals surface area contributed by atoms with Gasteiger partial charge in [0.05, 0.1) is 30.9 Å². The zero-order valence-corrected chi connectivity index (χ0v) is 40.1. The van der Waals surface area contributed by atoms with Gasteiger partial charge in [0, 0.05) is 92.3 Å². The van der Waals surface area contributed by atoms with Crippen molar-refractivity contribution in [2.75, 3.05) is 50.9 Å². The number of benzene rings is 4. The molecule has 0 aliphatic carbocycles. The Hall–Kier alpha value is -6.94. The number of rotatable bonds is 12. The quantitative estimate of drug-likeness (QED) is 0.120. The Balaban J connectivity index is 1.03. The SMILES string of the molecule is Cc1c(C(=O)N(c2ccccc2)c2cc(C#N)n(C(C)C)c2C)cc(-c2cc3c(cc2C(=O)N2Cc4ccccc4CC2C)CN(C(=O)Cc2ccc(OCCN4CCOCC4)cc2)CC3)n1C. The Morgan fingerprint density at radius 2 is 1.54 bits per heavy atom. The molecular weight excluding hydrogens is 851 g/mol. The number of hydrogen-bond acceptors (Lipinski definition) is 7. The Labute approximate surface area is 399 Å². The van der Waals surface area contributed by atoms with Gasteiger partial charge in [-0.15, -0.1) is 0 Å². The molecule has 1 saturated heterocycles. The molecule has 1 fully saturated rings. The molecule has 0 bridgehead atoms. The number of nitrogens with zero attached hydrogens (tertiary/aromatic N) is 7. The van der Waals surface area contributed by atoms with Gasteiger partial charge in [0.25, 0.3) is 11.8 Å². The molecule has 6 aromatic rings. The van der Waals surface area contributed by atoms with Crippen molar-refractivity contribution in [2.24, 2.45) is 7.05 Å². The van der Waals surface area contributed by atoms with Gasteiger partial charge in [-0.3, -0.25) is 24.2 Å². The van der Waals surface area contributed by atoms with Crippen LogP contribution in [-0.4, -0.2) is 93.6 Å². The summed E-state index contributed by atoms with van der Waals surface area (Å²) in [6.07, 6.45) is 1.63. The maximum Gasteiger partial charge on any atom is 0.264 e. The fourth-order valence-electron chi connectivity index (χ4n) is 10.2. The highest BCUT2D eigenvalue weighted by Gasteiger charge is 2.34. The lowest BCUT2D eigenvalue weighted by Crippen LogP contribution is -2.43. The first-order valence-corrected chi connectivity index (χ1v) is 23.9. The molecule has 12 heteroatoms. The zero-order valence-electron chi connectivity index (χ0n) is 40.1. The summed E-state index contributed by atoms with van der Waals surface area (Å²) in [6.45, 7) is 16.3. The van der Waals surface area contributed by atoms with Gasteiger partial charge in [0.15, 0.2) is 0 Å². The minimum atomic E-state index is -0.240. The standard InChI is InChI=1S/C56H61N7O5/c1-37(2)62-40(5)52(32-47(62)34-57)63(46-14-8-7-9-15-46)56(66)49-33-53(58(6)39(49)4)50-30-43-20-21-60(54(64)29-41-16-18-48(19-17-41)68-27-24-59-22-25-67-26-23-59)35-45(43)31-51(50)55(65)61-36-44-13-11-10-12-42(44)28-38(61)3/h7-19,30-33,37-38H,20-29,35-36H2,1-6H3. The van der Waals surface area contributed by atoms with E-state index in [0.717, 1.165) is 89.9 Å². The fourth-order valence-corrected chi connectivity index (χ4v) is 10.2. The van der Waals surface area contributed by atoms with Crippen molar-refractivity contribution >= 4 is 29.1 Å². The second kappa shape index (κ2) is 19.7. The number of amides is 3. The van der Waals surface area contributed by atoms with Gasteiger partial charge in [-0.2, -0.15) is 5.26 Å². The van der Waals surface area contributed by atoms with Crippen molar-refractivity contribution in [1.29, 1.82) is 5.26 Å². The van der Waals surface area contributed by atoms with Gasteiger partial charge in [-0.25, -0.2) is 0 Å². The molecule has 5 heterocycles. The van der Waals surface area contributed by atoms with Crippen LogP contribution < -0.4 is 9.64 Å². The highest BCUT2D eigenvalue weighted by Crippen LogP contribution is 2.39. The van der Waals surface area contributed by atoms with Crippen LogP contribution >= 0.6 is 0 Å². The molecule has 3 amide bonds. The maximum absolute atomic E-state index is 15.2. The molecule has 4 aromatic carbocycles. The molecule has 2 aromatic heterocycles.